The Morgan fingerprint density at radius 3 is 1.44 bits per heavy atom. The van der Waals surface area contributed by atoms with Gasteiger partial charge in [0.25, 0.3) is 8.32 Å². The van der Waals surface area contributed by atoms with Crippen molar-refractivity contribution in [3.05, 3.63) is 80.9 Å². The summed E-state index contributed by atoms with van der Waals surface area (Å²) in [6.07, 6.45) is 1.46. The molecule has 3 aromatic rings. The zero-order chi connectivity index (χ0) is 29.8. The normalized spacial score (nSPS) is 11.6. The summed E-state index contributed by atoms with van der Waals surface area (Å²) in [5.41, 5.74) is 9.14. The molecule has 0 spiro atoms. The first-order valence-electron chi connectivity index (χ1n) is 14.0. The SMILES string of the molecule is COCOc1c(C)cc(Cc2cc(OC)cc(Cc3cc(C)c(OC)c(C)c3)c2O[Si](C)(C)C(C)(C)C)cc1C.[W]. The number of benzene rings is 3. The van der Waals surface area contributed by atoms with Crippen LogP contribution in [0.4, 0.5) is 0 Å². The van der Waals surface area contributed by atoms with Crippen LogP contribution in [0.2, 0.25) is 18.1 Å². The molecule has 3 rings (SSSR count). The van der Waals surface area contributed by atoms with Gasteiger partial charge in [-0.05, 0) is 91.3 Å². The van der Waals surface area contributed by atoms with Gasteiger partial charge in [-0.2, -0.15) is 0 Å². The molecule has 5 nitrogen and oxygen atoms in total. The summed E-state index contributed by atoms with van der Waals surface area (Å²) in [6, 6.07) is 13.1. The smallest absolute Gasteiger partial charge is 0.250 e. The predicted molar refractivity (Wildman–Crippen MR) is 167 cm³/mol. The van der Waals surface area contributed by atoms with Crippen molar-refractivity contribution in [2.75, 3.05) is 28.1 Å². The van der Waals surface area contributed by atoms with Crippen molar-refractivity contribution >= 4 is 8.32 Å². The van der Waals surface area contributed by atoms with E-state index in [9.17, 15) is 0 Å². The van der Waals surface area contributed by atoms with Gasteiger partial charge in [0.15, 0.2) is 6.79 Å². The molecule has 41 heavy (non-hydrogen) atoms. The van der Waals surface area contributed by atoms with E-state index in [2.05, 4.69) is 98.0 Å². The van der Waals surface area contributed by atoms with Crippen LogP contribution in [0.1, 0.15) is 65.3 Å². The van der Waals surface area contributed by atoms with Crippen molar-refractivity contribution in [1.82, 2.24) is 0 Å². The van der Waals surface area contributed by atoms with Crippen molar-refractivity contribution in [3.8, 4) is 23.0 Å². The van der Waals surface area contributed by atoms with Crippen LogP contribution in [-0.4, -0.2) is 36.4 Å². The van der Waals surface area contributed by atoms with E-state index < -0.39 is 8.32 Å². The van der Waals surface area contributed by atoms with Crippen LogP contribution < -0.4 is 18.6 Å². The van der Waals surface area contributed by atoms with E-state index in [1.807, 2.05) is 0 Å². The van der Waals surface area contributed by atoms with Crippen molar-refractivity contribution in [1.29, 1.82) is 0 Å². The fourth-order valence-electron chi connectivity index (χ4n) is 5.03. The average molecular weight is 749 g/mol. The first kappa shape index (κ1) is 34.9. The summed E-state index contributed by atoms with van der Waals surface area (Å²) >= 11 is 0. The average Bonchev–Trinajstić information content (AvgIpc) is 2.84. The quantitative estimate of drug-likeness (QED) is 0.146. The fraction of sp³-hybridized carbons (Fsp3) is 0.471. The Morgan fingerprint density at radius 1 is 0.634 bits per heavy atom. The third-order valence-electron chi connectivity index (χ3n) is 7.97. The minimum absolute atomic E-state index is 0. The van der Waals surface area contributed by atoms with E-state index in [1.54, 1.807) is 21.3 Å². The molecular formula is C34H48O5SiW. The zero-order valence-electron chi connectivity index (χ0n) is 27.0. The van der Waals surface area contributed by atoms with E-state index in [0.717, 1.165) is 69.2 Å². The van der Waals surface area contributed by atoms with Gasteiger partial charge in [-0.15, -0.1) is 0 Å². The minimum atomic E-state index is -2.15. The van der Waals surface area contributed by atoms with Crippen molar-refractivity contribution < 1.29 is 44.4 Å². The second-order valence-corrected chi connectivity index (χ2v) is 17.1. The molecule has 224 valence electrons. The van der Waals surface area contributed by atoms with E-state index in [1.165, 1.54) is 11.1 Å². The zero-order valence-corrected chi connectivity index (χ0v) is 31.0. The maximum atomic E-state index is 7.13. The van der Waals surface area contributed by atoms with E-state index in [4.69, 9.17) is 23.4 Å². The molecule has 3 aromatic carbocycles. The van der Waals surface area contributed by atoms with Crippen molar-refractivity contribution in [3.63, 3.8) is 0 Å². The first-order valence-corrected chi connectivity index (χ1v) is 16.9. The van der Waals surface area contributed by atoms with Crippen LogP contribution >= 0.6 is 0 Å². The van der Waals surface area contributed by atoms with Crippen LogP contribution in [0.25, 0.3) is 0 Å². The van der Waals surface area contributed by atoms with Gasteiger partial charge in [-0.1, -0.05) is 45.0 Å². The second-order valence-electron chi connectivity index (χ2n) is 12.4. The van der Waals surface area contributed by atoms with Gasteiger partial charge >= 0.3 is 0 Å². The molecule has 0 fully saturated rings. The summed E-state index contributed by atoms with van der Waals surface area (Å²) in [4.78, 5) is 0. The molecule has 0 heterocycles. The molecule has 0 aliphatic rings. The Balaban J connectivity index is 0.00000588. The molecule has 0 aromatic heterocycles. The fourth-order valence-corrected chi connectivity index (χ4v) is 6.11. The molecule has 0 aliphatic carbocycles. The topological polar surface area (TPSA) is 46.2 Å². The van der Waals surface area contributed by atoms with Crippen LogP contribution in [-0.2, 0) is 38.6 Å². The molecular weight excluding hydrogens is 700 g/mol. The minimum Gasteiger partial charge on any atom is -0.543 e. The first-order chi connectivity index (χ1) is 18.7. The van der Waals surface area contributed by atoms with E-state index in [-0.39, 0.29) is 32.9 Å². The van der Waals surface area contributed by atoms with Crippen LogP contribution in [0.15, 0.2) is 36.4 Å². The summed E-state index contributed by atoms with van der Waals surface area (Å²) in [5, 5.41) is 0.0578. The van der Waals surface area contributed by atoms with Gasteiger partial charge in [-0.25, -0.2) is 0 Å². The number of ether oxygens (including phenoxy) is 4. The Bertz CT molecular complexity index is 1300. The van der Waals surface area contributed by atoms with Crippen molar-refractivity contribution in [2.45, 2.75) is 79.4 Å². The summed E-state index contributed by atoms with van der Waals surface area (Å²) in [5.74, 6) is 3.63. The van der Waals surface area contributed by atoms with E-state index in [0.29, 0.717) is 0 Å². The molecule has 0 atom stereocenters. The molecule has 0 saturated heterocycles. The van der Waals surface area contributed by atoms with Gasteiger partial charge in [0.05, 0.1) is 14.2 Å². The van der Waals surface area contributed by atoms with E-state index >= 15 is 0 Å². The van der Waals surface area contributed by atoms with Gasteiger partial charge in [0, 0.05) is 52.1 Å². The van der Waals surface area contributed by atoms with Gasteiger partial charge in [-0.3, -0.25) is 0 Å². The third kappa shape index (κ3) is 8.40. The molecule has 0 amide bonds. The summed E-state index contributed by atoms with van der Waals surface area (Å²) in [7, 11) is 2.95. The number of hydrogen-bond acceptors (Lipinski definition) is 5. The molecule has 0 N–H and O–H groups in total. The Labute approximate surface area is 263 Å². The number of rotatable bonds is 11. The molecule has 0 unspecified atom stereocenters. The van der Waals surface area contributed by atoms with Crippen LogP contribution in [0, 0.1) is 27.7 Å². The summed E-state index contributed by atoms with van der Waals surface area (Å²) in [6.45, 7) is 20.1. The summed E-state index contributed by atoms with van der Waals surface area (Å²) < 4.78 is 29.5. The van der Waals surface area contributed by atoms with Gasteiger partial charge < -0.3 is 23.4 Å². The number of hydrogen-bond donors (Lipinski definition) is 0. The maximum absolute atomic E-state index is 7.13. The van der Waals surface area contributed by atoms with Gasteiger partial charge in [0.2, 0.25) is 0 Å². The molecule has 7 heteroatoms. The number of methoxy groups -OCH3 is 3. The van der Waals surface area contributed by atoms with Crippen LogP contribution in [0.5, 0.6) is 23.0 Å². The molecule has 0 radical (unpaired) electrons. The third-order valence-corrected chi connectivity index (χ3v) is 12.3. The molecule has 0 aliphatic heterocycles. The predicted octanol–water partition coefficient (Wildman–Crippen LogP) is 8.48. The Morgan fingerprint density at radius 2 is 1.07 bits per heavy atom. The maximum Gasteiger partial charge on any atom is 0.250 e. The Kier molecular flexibility index (Phi) is 12.2. The second kappa shape index (κ2) is 14.3. The largest absolute Gasteiger partial charge is 0.543 e. The Hall–Kier alpha value is -2.27. The van der Waals surface area contributed by atoms with Gasteiger partial charge in [0.1, 0.15) is 23.0 Å². The standard InChI is InChI=1S/C34H48O5Si.W/c1-22-13-26(14-23(2)31(22)37-10)17-28-19-30(36-9)20-29(33(28)39-40(11,12)34(5,6)7)18-27-15-24(3)32(25(4)16-27)38-21-35-8;/h13-16,19-20H,17-18,21H2,1-12H3;. The van der Waals surface area contributed by atoms with Crippen LogP contribution in [0.3, 0.4) is 0 Å². The number of aryl methyl sites for hydroxylation is 4. The molecule has 0 bridgehead atoms. The van der Waals surface area contributed by atoms with Crippen molar-refractivity contribution in [2.24, 2.45) is 0 Å². The molecule has 0 saturated carbocycles. The monoisotopic (exact) mass is 748 g/mol.